The molecule has 2 unspecified atom stereocenters. The van der Waals surface area contributed by atoms with E-state index in [1.54, 1.807) is 0 Å². The molecule has 0 saturated carbocycles. The summed E-state index contributed by atoms with van der Waals surface area (Å²) < 4.78 is 0. The van der Waals surface area contributed by atoms with Crippen molar-refractivity contribution in [2.75, 3.05) is 0 Å². The normalized spacial score (nSPS) is 35.4. The Kier molecular flexibility index (Phi) is 3.33. The highest BCUT2D eigenvalue weighted by Gasteiger charge is 2.26. The molecule has 0 fully saturated rings. The van der Waals surface area contributed by atoms with E-state index in [0.29, 0.717) is 5.92 Å². The van der Waals surface area contributed by atoms with Crippen LogP contribution in [-0.4, -0.2) is 10.7 Å². The zero-order chi connectivity index (χ0) is 9.03. The fourth-order valence-corrected chi connectivity index (χ4v) is 1.69. The van der Waals surface area contributed by atoms with Crippen LogP contribution in [-0.2, 0) is 0 Å². The number of aliphatic hydroxyl groups is 1. The van der Waals surface area contributed by atoms with Crippen LogP contribution in [0.4, 0.5) is 0 Å². The summed E-state index contributed by atoms with van der Waals surface area (Å²) in [6.07, 6.45) is 9.49. The standard InChI is InChI=1S/C11H20O/c1-3-4-7-11(12)8-5-10(2)6-9-11/h5,8,10,12H,3-4,6-7,9H2,1-2H3. The van der Waals surface area contributed by atoms with Gasteiger partial charge in [0.15, 0.2) is 0 Å². The fourth-order valence-electron chi connectivity index (χ4n) is 1.69. The molecule has 0 aromatic rings. The maximum Gasteiger partial charge on any atom is 0.0828 e. The van der Waals surface area contributed by atoms with E-state index in [1.165, 1.54) is 6.42 Å². The minimum Gasteiger partial charge on any atom is -0.386 e. The average molecular weight is 168 g/mol. The number of hydrogen-bond donors (Lipinski definition) is 1. The lowest BCUT2D eigenvalue weighted by Gasteiger charge is -2.29. The second-order valence-corrected chi connectivity index (χ2v) is 4.08. The van der Waals surface area contributed by atoms with Gasteiger partial charge in [0.25, 0.3) is 0 Å². The third-order valence-electron chi connectivity index (χ3n) is 2.73. The highest BCUT2D eigenvalue weighted by Crippen LogP contribution is 2.29. The summed E-state index contributed by atoms with van der Waals surface area (Å²) in [5, 5.41) is 10.0. The average Bonchev–Trinajstić information content (AvgIpc) is 2.08. The fraction of sp³-hybridized carbons (Fsp3) is 0.818. The van der Waals surface area contributed by atoms with Crippen LogP contribution in [0.1, 0.15) is 46.0 Å². The quantitative estimate of drug-likeness (QED) is 0.642. The Balaban J connectivity index is 2.43. The molecular formula is C11H20O. The van der Waals surface area contributed by atoms with Crippen molar-refractivity contribution < 1.29 is 5.11 Å². The van der Waals surface area contributed by atoms with E-state index < -0.39 is 5.60 Å². The van der Waals surface area contributed by atoms with Crippen molar-refractivity contribution in [1.82, 2.24) is 0 Å². The summed E-state index contributed by atoms with van der Waals surface area (Å²) >= 11 is 0. The first kappa shape index (κ1) is 9.79. The van der Waals surface area contributed by atoms with Gasteiger partial charge in [-0.2, -0.15) is 0 Å². The molecule has 1 aliphatic rings. The Morgan fingerprint density at radius 3 is 2.83 bits per heavy atom. The van der Waals surface area contributed by atoms with E-state index in [-0.39, 0.29) is 0 Å². The van der Waals surface area contributed by atoms with Gasteiger partial charge in [0.2, 0.25) is 0 Å². The van der Waals surface area contributed by atoms with Gasteiger partial charge in [-0.1, -0.05) is 38.8 Å². The van der Waals surface area contributed by atoms with Crippen molar-refractivity contribution in [1.29, 1.82) is 0 Å². The highest BCUT2D eigenvalue weighted by atomic mass is 16.3. The molecule has 0 aliphatic heterocycles. The first-order valence-electron chi connectivity index (χ1n) is 5.08. The number of hydrogen-bond acceptors (Lipinski definition) is 1. The predicted molar refractivity (Wildman–Crippen MR) is 52.0 cm³/mol. The molecule has 0 radical (unpaired) electrons. The summed E-state index contributed by atoms with van der Waals surface area (Å²) in [7, 11) is 0. The molecule has 0 saturated heterocycles. The van der Waals surface area contributed by atoms with Gasteiger partial charge in [-0.25, -0.2) is 0 Å². The van der Waals surface area contributed by atoms with Gasteiger partial charge in [0.1, 0.15) is 0 Å². The molecule has 1 aliphatic carbocycles. The van der Waals surface area contributed by atoms with E-state index >= 15 is 0 Å². The third kappa shape index (κ3) is 2.63. The Bertz CT molecular complexity index is 162. The first-order valence-corrected chi connectivity index (χ1v) is 5.08. The van der Waals surface area contributed by atoms with Gasteiger partial charge in [-0.3, -0.25) is 0 Å². The van der Waals surface area contributed by atoms with Crippen LogP contribution in [0.15, 0.2) is 12.2 Å². The molecule has 12 heavy (non-hydrogen) atoms. The Hall–Kier alpha value is -0.300. The highest BCUT2D eigenvalue weighted by molar-refractivity contribution is 5.06. The van der Waals surface area contributed by atoms with Gasteiger partial charge in [0.05, 0.1) is 5.60 Å². The summed E-state index contributed by atoms with van der Waals surface area (Å²) in [6.45, 7) is 4.37. The Labute approximate surface area is 75.5 Å². The lowest BCUT2D eigenvalue weighted by atomic mass is 9.83. The second-order valence-electron chi connectivity index (χ2n) is 4.08. The van der Waals surface area contributed by atoms with Crippen LogP contribution in [0.25, 0.3) is 0 Å². The van der Waals surface area contributed by atoms with Crippen molar-refractivity contribution in [2.24, 2.45) is 5.92 Å². The van der Waals surface area contributed by atoms with E-state index in [4.69, 9.17) is 0 Å². The van der Waals surface area contributed by atoms with E-state index in [1.807, 2.05) is 6.08 Å². The van der Waals surface area contributed by atoms with Gasteiger partial charge in [-0.05, 0) is 25.2 Å². The SMILES string of the molecule is CCCCC1(O)C=CC(C)CC1. The van der Waals surface area contributed by atoms with E-state index in [9.17, 15) is 5.11 Å². The third-order valence-corrected chi connectivity index (χ3v) is 2.73. The maximum absolute atomic E-state index is 10.0. The first-order chi connectivity index (χ1) is 5.66. The lowest BCUT2D eigenvalue weighted by Crippen LogP contribution is -2.29. The number of unbranched alkanes of at least 4 members (excludes halogenated alkanes) is 1. The summed E-state index contributed by atoms with van der Waals surface area (Å²) in [5.74, 6) is 0.659. The molecule has 0 bridgehead atoms. The summed E-state index contributed by atoms with van der Waals surface area (Å²) in [4.78, 5) is 0. The monoisotopic (exact) mass is 168 g/mol. The minimum absolute atomic E-state index is 0.470. The van der Waals surface area contributed by atoms with Gasteiger partial charge in [-0.15, -0.1) is 0 Å². The zero-order valence-electron chi connectivity index (χ0n) is 8.21. The van der Waals surface area contributed by atoms with Crippen LogP contribution in [0.2, 0.25) is 0 Å². The molecule has 1 N–H and O–H groups in total. The topological polar surface area (TPSA) is 20.2 Å². The number of allylic oxidation sites excluding steroid dienone is 1. The van der Waals surface area contributed by atoms with Crippen molar-refractivity contribution in [2.45, 2.75) is 51.6 Å². The molecule has 70 valence electrons. The van der Waals surface area contributed by atoms with Crippen molar-refractivity contribution in [3.63, 3.8) is 0 Å². The van der Waals surface area contributed by atoms with Gasteiger partial charge < -0.3 is 5.11 Å². The zero-order valence-corrected chi connectivity index (χ0v) is 8.21. The smallest absolute Gasteiger partial charge is 0.0828 e. The Morgan fingerprint density at radius 2 is 2.33 bits per heavy atom. The maximum atomic E-state index is 10.0. The van der Waals surface area contributed by atoms with E-state index in [0.717, 1.165) is 25.7 Å². The van der Waals surface area contributed by atoms with Crippen LogP contribution in [0.3, 0.4) is 0 Å². The Morgan fingerprint density at radius 1 is 1.58 bits per heavy atom. The van der Waals surface area contributed by atoms with Crippen molar-refractivity contribution >= 4 is 0 Å². The van der Waals surface area contributed by atoms with Crippen LogP contribution in [0, 0.1) is 5.92 Å². The summed E-state index contributed by atoms with van der Waals surface area (Å²) in [6, 6.07) is 0. The number of rotatable bonds is 3. The van der Waals surface area contributed by atoms with Gasteiger partial charge >= 0.3 is 0 Å². The van der Waals surface area contributed by atoms with Crippen LogP contribution >= 0.6 is 0 Å². The molecule has 0 aromatic carbocycles. The molecule has 2 atom stereocenters. The van der Waals surface area contributed by atoms with E-state index in [2.05, 4.69) is 19.9 Å². The minimum atomic E-state index is -0.470. The molecule has 0 spiro atoms. The predicted octanol–water partition coefficient (Wildman–Crippen LogP) is 2.89. The molecular weight excluding hydrogens is 148 g/mol. The second kappa shape index (κ2) is 4.08. The van der Waals surface area contributed by atoms with Crippen LogP contribution < -0.4 is 0 Å². The van der Waals surface area contributed by atoms with Crippen molar-refractivity contribution in [3.05, 3.63) is 12.2 Å². The molecule has 1 heteroatoms. The van der Waals surface area contributed by atoms with Crippen molar-refractivity contribution in [3.8, 4) is 0 Å². The molecule has 1 nitrogen and oxygen atoms in total. The lowest BCUT2D eigenvalue weighted by molar-refractivity contribution is 0.0585. The molecule has 0 amide bonds. The van der Waals surface area contributed by atoms with Gasteiger partial charge in [0, 0.05) is 0 Å². The van der Waals surface area contributed by atoms with Crippen LogP contribution in [0.5, 0.6) is 0 Å². The molecule has 1 rings (SSSR count). The summed E-state index contributed by atoms with van der Waals surface area (Å²) in [5.41, 5.74) is -0.470. The molecule has 0 heterocycles. The largest absolute Gasteiger partial charge is 0.386 e. The molecule has 0 aromatic heterocycles.